The number of hydrogen-bond donors (Lipinski definition) is 2. The largest absolute Gasteiger partial charge is 0.478 e. The number of aromatic carboxylic acids is 1. The van der Waals surface area contributed by atoms with Crippen molar-refractivity contribution < 1.29 is 19.5 Å². The van der Waals surface area contributed by atoms with Crippen molar-refractivity contribution in [2.45, 2.75) is 19.3 Å². The highest BCUT2D eigenvalue weighted by atomic mass is 32.1. The van der Waals surface area contributed by atoms with Crippen LogP contribution in [0.2, 0.25) is 0 Å². The molecule has 0 radical (unpaired) electrons. The van der Waals surface area contributed by atoms with Crippen LogP contribution in [0, 0.1) is 0 Å². The van der Waals surface area contributed by atoms with Crippen LogP contribution >= 0.6 is 12.6 Å². The highest BCUT2D eigenvalue weighted by Crippen LogP contribution is 2.14. The van der Waals surface area contributed by atoms with Crippen LogP contribution in [0.15, 0.2) is 48.5 Å². The molecule has 0 heterocycles. The van der Waals surface area contributed by atoms with Gasteiger partial charge in [0.2, 0.25) is 0 Å². The fourth-order valence-electron chi connectivity index (χ4n) is 2.23. The summed E-state index contributed by atoms with van der Waals surface area (Å²) >= 11 is 3.73. The van der Waals surface area contributed by atoms with E-state index in [1.807, 2.05) is 12.1 Å². The molecule has 0 aliphatic heterocycles. The molecule has 0 unspecified atom stereocenters. The molecule has 0 atom stereocenters. The van der Waals surface area contributed by atoms with E-state index >= 15 is 0 Å². The summed E-state index contributed by atoms with van der Waals surface area (Å²) < 4.78 is 0. The van der Waals surface area contributed by atoms with Crippen LogP contribution in [0.5, 0.6) is 0 Å². The minimum absolute atomic E-state index is 0.0869. The number of benzene rings is 2. The number of rotatable bonds is 7. The molecule has 1 N–H and O–H groups in total. The highest BCUT2D eigenvalue weighted by molar-refractivity contribution is 7.96. The van der Waals surface area contributed by atoms with E-state index in [0.29, 0.717) is 17.5 Å². The van der Waals surface area contributed by atoms with Crippen LogP contribution in [-0.2, 0) is 11.2 Å². The second-order valence-corrected chi connectivity index (χ2v) is 5.66. The first-order valence-corrected chi connectivity index (χ1v) is 7.61. The maximum Gasteiger partial charge on any atom is 0.335 e. The summed E-state index contributed by atoms with van der Waals surface area (Å²) in [6.45, 7) is 0. The molecule has 0 aliphatic carbocycles. The maximum atomic E-state index is 12.4. The van der Waals surface area contributed by atoms with E-state index in [1.54, 1.807) is 24.3 Å². The number of aryl methyl sites for hydroxylation is 1. The molecular formula is C18H16O4S. The fraction of sp³-hybridized carbons (Fsp3) is 0.167. The number of carbonyl (C=O) groups is 3. The summed E-state index contributed by atoms with van der Waals surface area (Å²) in [4.78, 5) is 34.1. The van der Waals surface area contributed by atoms with Crippen molar-refractivity contribution >= 4 is 29.5 Å². The fourth-order valence-corrected chi connectivity index (χ4v) is 2.38. The molecule has 0 aromatic heterocycles. The highest BCUT2D eigenvalue weighted by Gasteiger charge is 2.11. The van der Waals surface area contributed by atoms with Gasteiger partial charge in [-0.3, -0.25) is 9.59 Å². The van der Waals surface area contributed by atoms with Gasteiger partial charge in [0, 0.05) is 17.5 Å². The summed E-state index contributed by atoms with van der Waals surface area (Å²) in [5.74, 6) is -1.28. The van der Waals surface area contributed by atoms with Crippen LogP contribution in [0.3, 0.4) is 0 Å². The number of hydrogen-bond acceptors (Lipinski definition) is 3. The van der Waals surface area contributed by atoms with Gasteiger partial charge in [-0.05, 0) is 30.5 Å². The Hall–Kier alpha value is -2.40. The third-order valence-electron chi connectivity index (χ3n) is 3.44. The van der Waals surface area contributed by atoms with E-state index in [9.17, 15) is 14.4 Å². The first-order valence-electron chi connectivity index (χ1n) is 7.16. The van der Waals surface area contributed by atoms with Crippen molar-refractivity contribution in [3.05, 3.63) is 70.8 Å². The second-order valence-electron chi connectivity index (χ2n) is 5.16. The van der Waals surface area contributed by atoms with Crippen molar-refractivity contribution in [2.24, 2.45) is 0 Å². The third kappa shape index (κ3) is 4.79. The van der Waals surface area contributed by atoms with E-state index < -0.39 is 5.97 Å². The molecule has 0 amide bonds. The molecule has 23 heavy (non-hydrogen) atoms. The Balaban J connectivity index is 2.09. The Morgan fingerprint density at radius 2 is 1.57 bits per heavy atom. The lowest BCUT2D eigenvalue weighted by molar-refractivity contribution is -0.110. The summed E-state index contributed by atoms with van der Waals surface area (Å²) in [6.07, 6.45) is 1.89. The molecule has 0 spiro atoms. The number of carboxylic acids is 1. The summed E-state index contributed by atoms with van der Waals surface area (Å²) in [7, 11) is 0. The van der Waals surface area contributed by atoms with Crippen molar-refractivity contribution in [1.29, 1.82) is 0 Å². The molecule has 118 valence electrons. The summed E-state index contributed by atoms with van der Waals surface area (Å²) in [6, 6.07) is 13.1. The van der Waals surface area contributed by atoms with Crippen molar-refractivity contribution in [3.63, 3.8) is 0 Å². The minimum Gasteiger partial charge on any atom is -0.478 e. The lowest BCUT2D eigenvalue weighted by Gasteiger charge is -2.05. The molecule has 0 fully saturated rings. The summed E-state index contributed by atoms with van der Waals surface area (Å²) in [5, 5.41) is 8.85. The summed E-state index contributed by atoms with van der Waals surface area (Å²) in [5.41, 5.74) is 1.97. The molecule has 2 rings (SSSR count). The third-order valence-corrected chi connectivity index (χ3v) is 3.67. The van der Waals surface area contributed by atoms with Gasteiger partial charge >= 0.3 is 5.97 Å². The van der Waals surface area contributed by atoms with Crippen LogP contribution in [0.4, 0.5) is 0 Å². The van der Waals surface area contributed by atoms with Crippen molar-refractivity contribution in [3.8, 4) is 0 Å². The van der Waals surface area contributed by atoms with E-state index in [1.165, 1.54) is 12.1 Å². The first-order chi connectivity index (χ1) is 11.0. The standard InChI is InChI=1S/C18H16O4S/c19-16(23)6-1-3-12-7-9-13(10-8-12)17(20)14-4-2-5-15(11-14)18(21)22/h2,4-5,7-11H,1,3,6H2,(H,19,23)(H,21,22). The minimum atomic E-state index is -1.06. The first kappa shape index (κ1) is 17.0. The van der Waals surface area contributed by atoms with Gasteiger partial charge in [-0.2, -0.15) is 0 Å². The smallest absolute Gasteiger partial charge is 0.335 e. The molecule has 5 heteroatoms. The quantitative estimate of drug-likeness (QED) is 0.604. The number of carbonyl (C=O) groups excluding carboxylic acids is 2. The molecule has 4 nitrogen and oxygen atoms in total. The molecular weight excluding hydrogens is 312 g/mol. The van der Waals surface area contributed by atoms with Gasteiger partial charge in [-0.1, -0.05) is 36.4 Å². The van der Waals surface area contributed by atoms with Gasteiger partial charge in [-0.25, -0.2) is 4.79 Å². The van der Waals surface area contributed by atoms with Gasteiger partial charge in [0.25, 0.3) is 0 Å². The topological polar surface area (TPSA) is 71.4 Å². The predicted octanol–water partition coefficient (Wildman–Crippen LogP) is 3.39. The van der Waals surface area contributed by atoms with E-state index in [-0.39, 0.29) is 16.5 Å². The monoisotopic (exact) mass is 328 g/mol. The normalized spacial score (nSPS) is 10.3. The van der Waals surface area contributed by atoms with E-state index in [4.69, 9.17) is 5.11 Å². The molecule has 0 aliphatic rings. The predicted molar refractivity (Wildman–Crippen MR) is 90.2 cm³/mol. The molecule has 2 aromatic carbocycles. The second kappa shape index (κ2) is 7.74. The zero-order chi connectivity index (χ0) is 16.8. The number of ketones is 1. The molecule has 0 saturated carbocycles. The van der Waals surface area contributed by atoms with Gasteiger partial charge in [-0.15, -0.1) is 12.6 Å². The lowest BCUT2D eigenvalue weighted by atomic mass is 9.99. The Morgan fingerprint density at radius 3 is 2.17 bits per heavy atom. The average molecular weight is 328 g/mol. The van der Waals surface area contributed by atoms with Crippen LogP contribution in [-0.4, -0.2) is 22.0 Å². The van der Waals surface area contributed by atoms with Gasteiger partial charge < -0.3 is 5.11 Å². The number of thiol groups is 1. The average Bonchev–Trinajstić information content (AvgIpc) is 2.54. The van der Waals surface area contributed by atoms with Crippen LogP contribution < -0.4 is 0 Å². The Labute approximate surface area is 139 Å². The zero-order valence-electron chi connectivity index (χ0n) is 12.4. The molecule has 0 bridgehead atoms. The SMILES string of the molecule is O=C(S)CCCc1ccc(C(=O)c2cccc(C(=O)O)c2)cc1. The Morgan fingerprint density at radius 1 is 0.913 bits per heavy atom. The molecule has 2 aromatic rings. The van der Waals surface area contributed by atoms with Gasteiger partial charge in [0.1, 0.15) is 0 Å². The zero-order valence-corrected chi connectivity index (χ0v) is 13.3. The van der Waals surface area contributed by atoms with Crippen LogP contribution in [0.1, 0.15) is 44.7 Å². The van der Waals surface area contributed by atoms with Crippen LogP contribution in [0.25, 0.3) is 0 Å². The lowest BCUT2D eigenvalue weighted by Crippen LogP contribution is -2.04. The Bertz CT molecular complexity index is 735. The Kier molecular flexibility index (Phi) is 5.71. The van der Waals surface area contributed by atoms with Gasteiger partial charge in [0.15, 0.2) is 10.9 Å². The van der Waals surface area contributed by atoms with E-state index in [0.717, 1.165) is 18.4 Å². The number of carboxylic acid groups (broad SMARTS) is 1. The van der Waals surface area contributed by atoms with E-state index in [2.05, 4.69) is 12.6 Å². The van der Waals surface area contributed by atoms with Crippen molar-refractivity contribution in [2.75, 3.05) is 0 Å². The maximum absolute atomic E-state index is 12.4. The van der Waals surface area contributed by atoms with Gasteiger partial charge in [0.05, 0.1) is 5.56 Å². The molecule has 0 saturated heterocycles. The van der Waals surface area contributed by atoms with Crippen molar-refractivity contribution in [1.82, 2.24) is 0 Å².